The quantitative estimate of drug-likeness (QED) is 0.621. The van der Waals surface area contributed by atoms with Gasteiger partial charge < -0.3 is 19.7 Å². The number of carbonyl (C=O) groups is 3. The molecule has 3 aromatic rings. The van der Waals surface area contributed by atoms with Gasteiger partial charge in [0.05, 0.1) is 18.7 Å². The van der Waals surface area contributed by atoms with Crippen molar-refractivity contribution in [1.29, 1.82) is 0 Å². The molecule has 3 aromatic carbocycles. The largest absolute Gasteiger partial charge is 0.497 e. The predicted octanol–water partition coefficient (Wildman–Crippen LogP) is 3.38. The van der Waals surface area contributed by atoms with Gasteiger partial charge in [0.1, 0.15) is 5.75 Å². The molecule has 0 spiro atoms. The molecule has 1 aliphatic rings. The normalized spacial score (nSPS) is 15.7. The van der Waals surface area contributed by atoms with E-state index in [0.717, 1.165) is 16.5 Å². The van der Waals surface area contributed by atoms with E-state index in [1.807, 2.05) is 42.5 Å². The fraction of sp³-hybridized carbons (Fsp3) is 0.208. The highest BCUT2D eigenvalue weighted by molar-refractivity contribution is 6.06. The van der Waals surface area contributed by atoms with Crippen LogP contribution >= 0.6 is 0 Å². The van der Waals surface area contributed by atoms with Gasteiger partial charge in [-0.15, -0.1) is 0 Å². The number of nitrogens with zero attached hydrogens (tertiary/aromatic N) is 1. The van der Waals surface area contributed by atoms with E-state index in [1.54, 1.807) is 36.3 Å². The first-order valence-corrected chi connectivity index (χ1v) is 9.94. The molecule has 1 fully saturated rings. The lowest BCUT2D eigenvalue weighted by Gasteiger charge is -2.18. The van der Waals surface area contributed by atoms with Crippen molar-refractivity contribution in [3.63, 3.8) is 0 Å². The molecule has 158 valence electrons. The van der Waals surface area contributed by atoms with Crippen molar-refractivity contribution in [3.8, 4) is 5.75 Å². The van der Waals surface area contributed by atoms with Crippen LogP contribution in [0.15, 0.2) is 66.7 Å². The lowest BCUT2D eigenvalue weighted by atomic mass is 10.1. The summed E-state index contributed by atoms with van der Waals surface area (Å²) in [4.78, 5) is 38.8. The fourth-order valence-electron chi connectivity index (χ4n) is 3.67. The van der Waals surface area contributed by atoms with E-state index >= 15 is 0 Å². The molecule has 7 nitrogen and oxygen atoms in total. The number of fused-ring (bicyclic) bond motifs is 1. The van der Waals surface area contributed by atoms with E-state index in [2.05, 4.69) is 5.32 Å². The second-order valence-corrected chi connectivity index (χ2v) is 7.29. The summed E-state index contributed by atoms with van der Waals surface area (Å²) < 4.78 is 10.2. The average molecular weight is 418 g/mol. The van der Waals surface area contributed by atoms with Crippen molar-refractivity contribution in [3.05, 3.63) is 66.7 Å². The Bertz CT molecular complexity index is 1120. The third-order valence-corrected chi connectivity index (χ3v) is 5.24. The molecule has 4 rings (SSSR count). The highest BCUT2D eigenvalue weighted by Gasteiger charge is 2.36. The summed E-state index contributed by atoms with van der Waals surface area (Å²) in [5.41, 5.74) is 1.34. The Balaban J connectivity index is 1.35. The van der Waals surface area contributed by atoms with Gasteiger partial charge in [0.15, 0.2) is 6.61 Å². The average Bonchev–Trinajstić information content (AvgIpc) is 3.19. The van der Waals surface area contributed by atoms with E-state index in [9.17, 15) is 14.4 Å². The smallest absolute Gasteiger partial charge is 0.311 e. The highest BCUT2D eigenvalue weighted by atomic mass is 16.5. The molecule has 1 aliphatic heterocycles. The summed E-state index contributed by atoms with van der Waals surface area (Å²) in [6, 6.07) is 20.3. The summed E-state index contributed by atoms with van der Waals surface area (Å²) in [5, 5.41) is 4.63. The maximum atomic E-state index is 12.6. The van der Waals surface area contributed by atoms with Crippen molar-refractivity contribution in [2.45, 2.75) is 6.42 Å². The van der Waals surface area contributed by atoms with Gasteiger partial charge in [-0.2, -0.15) is 0 Å². The summed E-state index contributed by atoms with van der Waals surface area (Å²) in [7, 11) is 1.56. The van der Waals surface area contributed by atoms with Crippen LogP contribution in [0.4, 0.5) is 11.4 Å². The van der Waals surface area contributed by atoms with Crippen LogP contribution in [0.2, 0.25) is 0 Å². The highest BCUT2D eigenvalue weighted by Crippen LogP contribution is 2.32. The maximum absolute atomic E-state index is 12.6. The number of esters is 1. The van der Waals surface area contributed by atoms with E-state index in [0.29, 0.717) is 11.4 Å². The van der Waals surface area contributed by atoms with Gasteiger partial charge in [0, 0.05) is 24.0 Å². The molecule has 1 atom stereocenters. The lowest BCUT2D eigenvalue weighted by molar-refractivity contribution is -0.151. The molecule has 0 unspecified atom stereocenters. The van der Waals surface area contributed by atoms with Crippen molar-refractivity contribution in [2.75, 3.05) is 30.5 Å². The van der Waals surface area contributed by atoms with Crippen LogP contribution in [0.5, 0.6) is 5.75 Å². The van der Waals surface area contributed by atoms with Crippen LogP contribution in [-0.2, 0) is 19.1 Å². The van der Waals surface area contributed by atoms with E-state index in [4.69, 9.17) is 9.47 Å². The van der Waals surface area contributed by atoms with Crippen LogP contribution in [0.1, 0.15) is 6.42 Å². The first-order valence-electron chi connectivity index (χ1n) is 9.94. The molecule has 7 heteroatoms. The van der Waals surface area contributed by atoms with Gasteiger partial charge in [-0.25, -0.2) is 0 Å². The molecule has 0 saturated carbocycles. The van der Waals surface area contributed by atoms with Gasteiger partial charge in [-0.05, 0) is 35.7 Å². The number of ether oxygens (including phenoxy) is 2. The summed E-state index contributed by atoms with van der Waals surface area (Å²) in [5.74, 6) is -1.08. The monoisotopic (exact) mass is 418 g/mol. The third-order valence-electron chi connectivity index (χ3n) is 5.24. The topological polar surface area (TPSA) is 84.9 Å². The Kier molecular flexibility index (Phi) is 5.84. The summed E-state index contributed by atoms with van der Waals surface area (Å²) >= 11 is 0. The van der Waals surface area contributed by atoms with Gasteiger partial charge in [-0.3, -0.25) is 14.4 Å². The molecule has 31 heavy (non-hydrogen) atoms. The van der Waals surface area contributed by atoms with Gasteiger partial charge in [-0.1, -0.05) is 36.4 Å². The van der Waals surface area contributed by atoms with Gasteiger partial charge in [0.2, 0.25) is 5.91 Å². The number of hydrogen-bond acceptors (Lipinski definition) is 5. The summed E-state index contributed by atoms with van der Waals surface area (Å²) in [6.45, 7) is -0.185. The number of benzene rings is 3. The van der Waals surface area contributed by atoms with Gasteiger partial charge >= 0.3 is 5.97 Å². The van der Waals surface area contributed by atoms with Crippen molar-refractivity contribution in [1.82, 2.24) is 0 Å². The van der Waals surface area contributed by atoms with Crippen LogP contribution in [-0.4, -0.2) is 38.0 Å². The minimum absolute atomic E-state index is 0.0577. The predicted molar refractivity (Wildman–Crippen MR) is 117 cm³/mol. The van der Waals surface area contributed by atoms with E-state index in [1.165, 1.54) is 0 Å². The second kappa shape index (κ2) is 8.87. The maximum Gasteiger partial charge on any atom is 0.311 e. The molecule has 1 N–H and O–H groups in total. The lowest BCUT2D eigenvalue weighted by Crippen LogP contribution is -2.28. The van der Waals surface area contributed by atoms with E-state index in [-0.39, 0.29) is 18.9 Å². The number of anilines is 2. The molecule has 0 aliphatic carbocycles. The Morgan fingerprint density at radius 3 is 2.55 bits per heavy atom. The SMILES string of the molecule is COc1ccc(NC(=O)COC(=O)[C@@H]2CC(=O)N(c3cccc4ccccc34)C2)cc1. The second-order valence-electron chi connectivity index (χ2n) is 7.29. The molecule has 1 heterocycles. The van der Waals surface area contributed by atoms with Crippen molar-refractivity contribution >= 4 is 39.9 Å². The molecule has 0 radical (unpaired) electrons. The Hall–Kier alpha value is -3.87. The number of hydrogen-bond donors (Lipinski definition) is 1. The van der Waals surface area contributed by atoms with Gasteiger partial charge in [0.25, 0.3) is 5.91 Å². The first kappa shape index (κ1) is 20.4. The van der Waals surface area contributed by atoms with Crippen molar-refractivity contribution in [2.24, 2.45) is 5.92 Å². The number of methoxy groups -OCH3 is 1. The van der Waals surface area contributed by atoms with Crippen LogP contribution in [0, 0.1) is 5.92 Å². The van der Waals surface area contributed by atoms with Crippen LogP contribution in [0.25, 0.3) is 10.8 Å². The van der Waals surface area contributed by atoms with E-state index < -0.39 is 24.4 Å². The minimum atomic E-state index is -0.611. The molecule has 0 aromatic heterocycles. The number of rotatable bonds is 6. The first-order chi connectivity index (χ1) is 15.0. The molecule has 2 amide bonds. The Morgan fingerprint density at radius 2 is 1.77 bits per heavy atom. The molecular weight excluding hydrogens is 396 g/mol. The molecule has 1 saturated heterocycles. The van der Waals surface area contributed by atoms with Crippen LogP contribution in [0.3, 0.4) is 0 Å². The molecular formula is C24H22N2O5. The Morgan fingerprint density at radius 1 is 1.03 bits per heavy atom. The number of carbonyl (C=O) groups excluding carboxylic acids is 3. The van der Waals surface area contributed by atoms with Crippen LogP contribution < -0.4 is 15.0 Å². The zero-order chi connectivity index (χ0) is 21.8. The zero-order valence-corrected chi connectivity index (χ0v) is 17.0. The standard InChI is InChI=1S/C24H22N2O5/c1-30-19-11-9-18(10-12-19)25-22(27)15-31-24(29)17-13-23(28)26(14-17)21-8-4-6-16-5-2-3-7-20(16)21/h2-12,17H,13-15H2,1H3,(H,25,27)/t17-/m1/s1. The number of nitrogens with one attached hydrogen (secondary N) is 1. The minimum Gasteiger partial charge on any atom is -0.497 e. The van der Waals surface area contributed by atoms with Crippen molar-refractivity contribution < 1.29 is 23.9 Å². The number of amides is 2. The molecule has 0 bridgehead atoms. The zero-order valence-electron chi connectivity index (χ0n) is 17.0. The third kappa shape index (κ3) is 4.50. The summed E-state index contributed by atoms with van der Waals surface area (Å²) in [6.07, 6.45) is 0.0577. The fourth-order valence-corrected chi connectivity index (χ4v) is 3.67. The Labute approximate surface area is 179 Å².